The average molecular weight is 384 g/mol. The molecule has 1 atom stereocenters. The van der Waals surface area contributed by atoms with Gasteiger partial charge in [0.05, 0.1) is 0 Å². The van der Waals surface area contributed by atoms with E-state index in [9.17, 15) is 0 Å². The summed E-state index contributed by atoms with van der Waals surface area (Å²) in [6, 6.07) is 0. The molecule has 0 aliphatic heterocycles. The van der Waals surface area contributed by atoms with Crippen molar-refractivity contribution in [2.24, 2.45) is 0 Å². The lowest BCUT2D eigenvalue weighted by Crippen LogP contribution is -2.36. The molecule has 0 N–H and O–H groups in total. The quantitative estimate of drug-likeness (QED) is 0.137. The Hall–Kier alpha value is -0.0800. The molecule has 1 unspecified atom stereocenters. The second kappa shape index (κ2) is 22.2. The number of ether oxygens (including phenoxy) is 1. The Labute approximate surface area is 172 Å². The third kappa shape index (κ3) is 17.7. The molecule has 0 saturated carbocycles. The Morgan fingerprint density at radius 3 is 1.22 bits per heavy atom. The molecule has 0 saturated heterocycles. The summed E-state index contributed by atoms with van der Waals surface area (Å²) < 4.78 is 6.08. The van der Waals surface area contributed by atoms with Crippen LogP contribution in [-0.2, 0) is 4.74 Å². The van der Waals surface area contributed by atoms with E-state index in [1.807, 2.05) is 0 Å². The van der Waals surface area contributed by atoms with E-state index in [0.29, 0.717) is 6.23 Å². The molecule has 0 heterocycles. The van der Waals surface area contributed by atoms with Crippen molar-refractivity contribution < 1.29 is 4.74 Å². The molecule has 2 nitrogen and oxygen atoms in total. The maximum absolute atomic E-state index is 6.08. The van der Waals surface area contributed by atoms with Gasteiger partial charge in [0.25, 0.3) is 0 Å². The first-order valence-electron chi connectivity index (χ1n) is 12.7. The van der Waals surface area contributed by atoms with Crippen LogP contribution >= 0.6 is 0 Å². The van der Waals surface area contributed by atoms with Crippen molar-refractivity contribution in [1.29, 1.82) is 0 Å². The van der Waals surface area contributed by atoms with Gasteiger partial charge in [-0.1, -0.05) is 124 Å². The molecule has 0 radical (unpaired) electrons. The largest absolute Gasteiger partial charge is 0.363 e. The fraction of sp³-hybridized carbons (Fsp3) is 1.00. The Bertz CT molecular complexity index is 265. The van der Waals surface area contributed by atoms with E-state index in [1.54, 1.807) is 0 Å². The smallest absolute Gasteiger partial charge is 0.110 e. The van der Waals surface area contributed by atoms with E-state index in [2.05, 4.69) is 32.6 Å². The molecule has 0 aromatic rings. The molecule has 2 heteroatoms. The molecule has 27 heavy (non-hydrogen) atoms. The van der Waals surface area contributed by atoms with Crippen LogP contribution in [0.15, 0.2) is 0 Å². The minimum atomic E-state index is 0.330. The van der Waals surface area contributed by atoms with Gasteiger partial charge in [0.2, 0.25) is 0 Å². The average Bonchev–Trinajstić information content (AvgIpc) is 2.69. The van der Waals surface area contributed by atoms with Crippen LogP contribution in [0.4, 0.5) is 0 Å². The lowest BCUT2D eigenvalue weighted by Gasteiger charge is -2.28. The minimum absolute atomic E-state index is 0.330. The third-order valence-electron chi connectivity index (χ3n) is 5.88. The van der Waals surface area contributed by atoms with Crippen molar-refractivity contribution in [2.75, 3.05) is 19.7 Å². The van der Waals surface area contributed by atoms with Crippen LogP contribution in [-0.4, -0.2) is 30.8 Å². The maximum atomic E-state index is 6.08. The van der Waals surface area contributed by atoms with E-state index in [0.717, 1.165) is 26.1 Å². The highest BCUT2D eigenvalue weighted by Gasteiger charge is 2.12. The Balaban J connectivity index is 3.23. The summed E-state index contributed by atoms with van der Waals surface area (Å²) in [6.45, 7) is 12.1. The molecule has 0 rings (SSSR count). The summed E-state index contributed by atoms with van der Waals surface area (Å²) in [5.41, 5.74) is 0. The molecule has 0 aliphatic carbocycles. The summed E-state index contributed by atoms with van der Waals surface area (Å²) >= 11 is 0. The molecule has 164 valence electrons. The van der Waals surface area contributed by atoms with Gasteiger partial charge in [0, 0.05) is 6.61 Å². The summed E-state index contributed by atoms with van der Waals surface area (Å²) in [7, 11) is 0. The Morgan fingerprint density at radius 2 is 0.889 bits per heavy atom. The summed E-state index contributed by atoms with van der Waals surface area (Å²) in [5, 5.41) is 0. The summed E-state index contributed by atoms with van der Waals surface area (Å²) in [6.07, 6.45) is 24.2. The zero-order chi connectivity index (χ0) is 20.0. The number of hydrogen-bond acceptors (Lipinski definition) is 2. The van der Waals surface area contributed by atoms with Crippen molar-refractivity contribution in [3.8, 4) is 0 Å². The van der Waals surface area contributed by atoms with Crippen LogP contribution in [0.5, 0.6) is 0 Å². The van der Waals surface area contributed by atoms with Crippen molar-refractivity contribution in [3.05, 3.63) is 0 Å². The monoisotopic (exact) mass is 383 g/mol. The second-order valence-electron chi connectivity index (χ2n) is 8.26. The van der Waals surface area contributed by atoms with Gasteiger partial charge < -0.3 is 4.74 Å². The first kappa shape index (κ1) is 26.9. The van der Waals surface area contributed by atoms with E-state index in [1.165, 1.54) is 103 Å². The highest BCUT2D eigenvalue weighted by Crippen LogP contribution is 2.14. The van der Waals surface area contributed by atoms with Crippen molar-refractivity contribution in [2.45, 2.75) is 143 Å². The zero-order valence-corrected chi connectivity index (χ0v) is 19.6. The van der Waals surface area contributed by atoms with Crippen LogP contribution in [0, 0.1) is 0 Å². The van der Waals surface area contributed by atoms with Gasteiger partial charge >= 0.3 is 0 Å². The lowest BCUT2D eigenvalue weighted by molar-refractivity contribution is -0.0583. The van der Waals surface area contributed by atoms with E-state index in [-0.39, 0.29) is 0 Å². The van der Waals surface area contributed by atoms with Gasteiger partial charge in [-0.25, -0.2) is 0 Å². The van der Waals surface area contributed by atoms with E-state index >= 15 is 0 Å². The first-order chi connectivity index (χ1) is 13.3. The van der Waals surface area contributed by atoms with Crippen LogP contribution in [0.1, 0.15) is 137 Å². The number of nitrogens with zero attached hydrogens (tertiary/aromatic N) is 1. The molecule has 0 amide bonds. The highest BCUT2D eigenvalue weighted by molar-refractivity contribution is 4.58. The first-order valence-corrected chi connectivity index (χ1v) is 12.7. The van der Waals surface area contributed by atoms with Gasteiger partial charge in [-0.05, 0) is 25.9 Å². The van der Waals surface area contributed by atoms with Gasteiger partial charge in [0.15, 0.2) is 0 Å². The van der Waals surface area contributed by atoms with Crippen LogP contribution in [0.2, 0.25) is 0 Å². The topological polar surface area (TPSA) is 12.5 Å². The van der Waals surface area contributed by atoms with Gasteiger partial charge in [-0.3, -0.25) is 4.90 Å². The van der Waals surface area contributed by atoms with E-state index in [4.69, 9.17) is 4.74 Å². The normalized spacial score (nSPS) is 12.8. The zero-order valence-electron chi connectivity index (χ0n) is 19.6. The molecule has 0 aliphatic rings. The van der Waals surface area contributed by atoms with Crippen molar-refractivity contribution >= 4 is 0 Å². The molecule has 0 aromatic carbocycles. The summed E-state index contributed by atoms with van der Waals surface area (Å²) in [5.74, 6) is 0. The fourth-order valence-electron chi connectivity index (χ4n) is 3.98. The van der Waals surface area contributed by atoms with Crippen molar-refractivity contribution in [3.63, 3.8) is 0 Å². The minimum Gasteiger partial charge on any atom is -0.363 e. The van der Waals surface area contributed by atoms with Crippen molar-refractivity contribution in [1.82, 2.24) is 4.90 Å². The molecular formula is C25H53NO. The summed E-state index contributed by atoms with van der Waals surface area (Å²) in [4.78, 5) is 2.42. The highest BCUT2D eigenvalue weighted by atomic mass is 16.5. The number of unbranched alkanes of at least 4 members (excludes halogenated alkanes) is 15. The van der Waals surface area contributed by atoms with Crippen LogP contribution in [0.25, 0.3) is 0 Å². The fourth-order valence-corrected chi connectivity index (χ4v) is 3.98. The van der Waals surface area contributed by atoms with E-state index < -0.39 is 0 Å². The molecular weight excluding hydrogens is 330 g/mol. The Kier molecular flexibility index (Phi) is 22.1. The predicted molar refractivity (Wildman–Crippen MR) is 122 cm³/mol. The SMILES string of the molecule is CCCCCCCCCCCCCCCCCCOC(CC)N(CC)CC. The molecule has 0 bridgehead atoms. The lowest BCUT2D eigenvalue weighted by atomic mass is 10.0. The number of hydrogen-bond donors (Lipinski definition) is 0. The van der Waals surface area contributed by atoms with Crippen LogP contribution < -0.4 is 0 Å². The maximum Gasteiger partial charge on any atom is 0.110 e. The third-order valence-corrected chi connectivity index (χ3v) is 5.88. The van der Waals surface area contributed by atoms with Gasteiger partial charge in [-0.2, -0.15) is 0 Å². The molecule has 0 aromatic heterocycles. The predicted octanol–water partition coefficient (Wildman–Crippen LogP) is 8.34. The standard InChI is InChI=1S/C25H53NO/c1-5-9-10-11-12-13-14-15-16-17-18-19-20-21-22-23-24-27-25(6-2)26(7-3)8-4/h25H,5-24H2,1-4H3. The van der Waals surface area contributed by atoms with Crippen LogP contribution in [0.3, 0.4) is 0 Å². The number of rotatable bonds is 22. The van der Waals surface area contributed by atoms with Gasteiger partial charge in [-0.15, -0.1) is 0 Å². The molecule has 0 fully saturated rings. The Morgan fingerprint density at radius 1 is 0.519 bits per heavy atom. The second-order valence-corrected chi connectivity index (χ2v) is 8.26. The van der Waals surface area contributed by atoms with Gasteiger partial charge in [0.1, 0.15) is 6.23 Å². The molecule has 0 spiro atoms.